The van der Waals surface area contributed by atoms with E-state index in [2.05, 4.69) is 15.7 Å². The first-order valence-corrected chi connectivity index (χ1v) is 10.2. The van der Waals surface area contributed by atoms with Crippen LogP contribution < -0.4 is 4.72 Å². The van der Waals surface area contributed by atoms with E-state index in [1.807, 2.05) is 18.2 Å². The van der Waals surface area contributed by atoms with E-state index < -0.39 is 10.0 Å². The third-order valence-electron chi connectivity index (χ3n) is 4.64. The van der Waals surface area contributed by atoms with Crippen LogP contribution in [-0.2, 0) is 21.3 Å². The maximum absolute atomic E-state index is 11.1. The molecule has 1 N–H and O–H groups in total. The molecule has 2 fully saturated rings. The molecule has 3 rings (SSSR count). The lowest BCUT2D eigenvalue weighted by Gasteiger charge is -2.53. The van der Waals surface area contributed by atoms with E-state index in [0.29, 0.717) is 13.2 Å². The molecule has 1 aromatic carbocycles. The molecule has 2 heterocycles. The summed E-state index contributed by atoms with van der Waals surface area (Å²) in [5, 5.41) is 0.810. The highest BCUT2D eigenvalue weighted by atomic mass is 35.5. The summed E-state index contributed by atoms with van der Waals surface area (Å²) in [6, 6.07) is 7.93. The van der Waals surface area contributed by atoms with Crippen LogP contribution in [0.3, 0.4) is 0 Å². The molecule has 2 aliphatic rings. The number of sulfonamides is 1. The van der Waals surface area contributed by atoms with Crippen LogP contribution >= 0.6 is 11.6 Å². The quantitative estimate of drug-likeness (QED) is 0.873. The van der Waals surface area contributed by atoms with E-state index in [-0.39, 0.29) is 11.5 Å². The maximum Gasteiger partial charge on any atom is 0.208 e. The Morgan fingerprint density at radius 1 is 1.39 bits per heavy atom. The smallest absolute Gasteiger partial charge is 0.208 e. The number of hydrogen-bond acceptors (Lipinski definition) is 4. The largest absolute Gasteiger partial charge is 0.372 e. The highest BCUT2D eigenvalue weighted by Gasteiger charge is 2.46. The third kappa shape index (κ3) is 4.45. The molecule has 0 radical (unpaired) electrons. The summed E-state index contributed by atoms with van der Waals surface area (Å²) in [4.78, 5) is 2.34. The number of rotatable bonds is 5. The molecule has 0 saturated carbocycles. The van der Waals surface area contributed by atoms with Crippen LogP contribution in [0.1, 0.15) is 18.4 Å². The molecular formula is C16H23ClN2O3S. The van der Waals surface area contributed by atoms with Crippen molar-refractivity contribution in [3.05, 3.63) is 34.9 Å². The number of nitrogens with zero attached hydrogens (tertiary/aromatic N) is 1. The average molecular weight is 359 g/mol. The van der Waals surface area contributed by atoms with Gasteiger partial charge in [-0.1, -0.05) is 29.8 Å². The van der Waals surface area contributed by atoms with Crippen molar-refractivity contribution in [2.75, 3.05) is 32.5 Å². The van der Waals surface area contributed by atoms with Gasteiger partial charge >= 0.3 is 0 Å². The molecule has 0 aromatic heterocycles. The molecule has 23 heavy (non-hydrogen) atoms. The second-order valence-corrected chi connectivity index (χ2v) is 9.00. The zero-order valence-electron chi connectivity index (χ0n) is 13.3. The van der Waals surface area contributed by atoms with Crippen LogP contribution in [0.25, 0.3) is 0 Å². The molecule has 5 nitrogen and oxygen atoms in total. The number of likely N-dealkylation sites (tertiary alicyclic amines) is 1. The number of hydrogen-bond donors (Lipinski definition) is 1. The molecule has 0 unspecified atom stereocenters. The summed E-state index contributed by atoms with van der Waals surface area (Å²) in [6.07, 6.45) is 3.18. The van der Waals surface area contributed by atoms with Crippen molar-refractivity contribution in [1.29, 1.82) is 0 Å². The van der Waals surface area contributed by atoms with Gasteiger partial charge < -0.3 is 4.74 Å². The molecule has 7 heteroatoms. The average Bonchev–Trinajstić information content (AvgIpc) is 2.46. The Kier molecular flexibility index (Phi) is 4.99. The number of halogens is 1. The third-order valence-corrected chi connectivity index (χ3v) is 5.70. The van der Waals surface area contributed by atoms with Gasteiger partial charge in [0.25, 0.3) is 0 Å². The van der Waals surface area contributed by atoms with Gasteiger partial charge in [0, 0.05) is 31.2 Å². The molecule has 1 atom stereocenters. The lowest BCUT2D eigenvalue weighted by atomic mass is 9.83. The topological polar surface area (TPSA) is 58.6 Å². The Balaban J connectivity index is 1.44. The summed E-state index contributed by atoms with van der Waals surface area (Å²) in [5.74, 6) is 0.271. The van der Waals surface area contributed by atoms with E-state index in [9.17, 15) is 8.42 Å². The zero-order chi connectivity index (χ0) is 16.5. The van der Waals surface area contributed by atoms with E-state index >= 15 is 0 Å². The van der Waals surface area contributed by atoms with Crippen LogP contribution in [0.4, 0.5) is 0 Å². The van der Waals surface area contributed by atoms with Gasteiger partial charge in [-0.05, 0) is 30.4 Å². The van der Waals surface area contributed by atoms with Gasteiger partial charge in [0.05, 0.1) is 18.5 Å². The summed E-state index contributed by atoms with van der Waals surface area (Å²) in [6.45, 7) is 3.79. The Morgan fingerprint density at radius 2 is 2.13 bits per heavy atom. The van der Waals surface area contributed by atoms with Crippen LogP contribution in [0.2, 0.25) is 5.02 Å². The highest BCUT2D eigenvalue weighted by Crippen LogP contribution is 2.37. The molecule has 128 valence electrons. The van der Waals surface area contributed by atoms with Gasteiger partial charge in [-0.2, -0.15) is 0 Å². The zero-order valence-corrected chi connectivity index (χ0v) is 14.9. The van der Waals surface area contributed by atoms with Crippen molar-refractivity contribution in [2.45, 2.75) is 25.0 Å². The first kappa shape index (κ1) is 17.2. The molecule has 2 aliphatic heterocycles. The molecule has 0 aliphatic carbocycles. The summed E-state index contributed by atoms with van der Waals surface area (Å²) >= 11 is 6.20. The van der Waals surface area contributed by atoms with Crippen LogP contribution in [0.15, 0.2) is 24.3 Å². The van der Waals surface area contributed by atoms with Crippen molar-refractivity contribution < 1.29 is 13.2 Å². The maximum atomic E-state index is 11.1. The summed E-state index contributed by atoms with van der Waals surface area (Å²) in [7, 11) is -3.12. The second kappa shape index (κ2) is 6.69. The first-order chi connectivity index (χ1) is 10.9. The molecule has 1 spiro atoms. The van der Waals surface area contributed by atoms with Gasteiger partial charge in [0.15, 0.2) is 0 Å². The number of ether oxygens (including phenoxy) is 1. The predicted octanol–water partition coefficient (Wildman–Crippen LogP) is 1.87. The minimum Gasteiger partial charge on any atom is -0.372 e. The van der Waals surface area contributed by atoms with E-state index in [0.717, 1.165) is 43.1 Å². The van der Waals surface area contributed by atoms with Crippen LogP contribution in [0, 0.1) is 5.92 Å². The molecular weight excluding hydrogens is 336 g/mol. The van der Waals surface area contributed by atoms with Gasteiger partial charge in [-0.15, -0.1) is 0 Å². The monoisotopic (exact) mass is 358 g/mol. The van der Waals surface area contributed by atoms with Crippen LogP contribution in [0.5, 0.6) is 0 Å². The molecule has 1 aromatic rings. The summed E-state index contributed by atoms with van der Waals surface area (Å²) < 4.78 is 30.9. The highest BCUT2D eigenvalue weighted by molar-refractivity contribution is 7.88. The van der Waals surface area contributed by atoms with Gasteiger partial charge in [-0.3, -0.25) is 4.90 Å². The fourth-order valence-corrected chi connectivity index (χ4v) is 4.08. The second-order valence-electron chi connectivity index (χ2n) is 6.76. The summed E-state index contributed by atoms with van der Waals surface area (Å²) in [5.41, 5.74) is 1.11. The van der Waals surface area contributed by atoms with Crippen LogP contribution in [-0.4, -0.2) is 51.4 Å². The molecule has 0 bridgehead atoms. The molecule has 0 amide bonds. The SMILES string of the molecule is CS(=O)(=O)NC[C@H]1CCC2(CN(Cc3ccccc3Cl)C2)OC1. The van der Waals surface area contributed by atoms with Gasteiger partial charge in [0.1, 0.15) is 0 Å². The van der Waals surface area contributed by atoms with Gasteiger partial charge in [-0.25, -0.2) is 13.1 Å². The predicted molar refractivity (Wildman–Crippen MR) is 91.0 cm³/mol. The Labute approximate surface area is 143 Å². The Hall–Kier alpha value is -0.660. The van der Waals surface area contributed by atoms with E-state index in [1.165, 1.54) is 6.26 Å². The van der Waals surface area contributed by atoms with Crippen molar-refractivity contribution in [3.8, 4) is 0 Å². The fraction of sp³-hybridized carbons (Fsp3) is 0.625. The minimum absolute atomic E-state index is 0.0388. The van der Waals surface area contributed by atoms with Crippen molar-refractivity contribution >= 4 is 21.6 Å². The lowest BCUT2D eigenvalue weighted by Crippen LogP contribution is -2.64. The lowest BCUT2D eigenvalue weighted by molar-refractivity contribution is -0.181. The van der Waals surface area contributed by atoms with Crippen molar-refractivity contribution in [1.82, 2.24) is 9.62 Å². The van der Waals surface area contributed by atoms with Crippen molar-refractivity contribution in [3.63, 3.8) is 0 Å². The number of nitrogens with one attached hydrogen (secondary N) is 1. The van der Waals surface area contributed by atoms with E-state index in [4.69, 9.17) is 16.3 Å². The Bertz CT molecular complexity index is 649. The van der Waals surface area contributed by atoms with E-state index in [1.54, 1.807) is 0 Å². The Morgan fingerprint density at radius 3 is 2.74 bits per heavy atom. The normalized spacial score (nSPS) is 24.5. The number of benzene rings is 1. The van der Waals surface area contributed by atoms with Gasteiger partial charge in [0.2, 0.25) is 10.0 Å². The molecule has 2 saturated heterocycles. The fourth-order valence-electron chi connectivity index (χ4n) is 3.34. The minimum atomic E-state index is -3.12. The standard InChI is InChI=1S/C16H23ClN2O3S/c1-23(20,21)18-8-13-6-7-16(22-10-13)11-19(12-16)9-14-4-2-3-5-15(14)17/h2-5,13,18H,6-12H2,1H3/t13-/m1/s1. The van der Waals surface area contributed by atoms with Crippen molar-refractivity contribution in [2.24, 2.45) is 5.92 Å². The first-order valence-electron chi connectivity index (χ1n) is 7.90.